The number of aliphatic hydroxyl groups excluding tert-OH is 1. The number of allylic oxidation sites excluding steroid dienone is 4. The van der Waals surface area contributed by atoms with E-state index in [9.17, 15) is 29.4 Å². The molecule has 1 aromatic carbocycles. The van der Waals surface area contributed by atoms with Gasteiger partial charge in [-0.2, -0.15) is 0 Å². The summed E-state index contributed by atoms with van der Waals surface area (Å²) in [5, 5.41) is 32.4. The third kappa shape index (κ3) is 3.62. The molecule has 0 unspecified atom stereocenters. The molecule has 4 aliphatic rings. The summed E-state index contributed by atoms with van der Waals surface area (Å²) in [5.41, 5.74) is -5.71. The molecule has 8 atom stereocenters. The molecule has 8 nitrogen and oxygen atoms in total. The highest BCUT2D eigenvalue weighted by atomic mass is 19.1. The van der Waals surface area contributed by atoms with Crippen LogP contribution < -0.4 is 0 Å². The molecule has 0 aliphatic heterocycles. The minimum Gasteiger partial charge on any atom is -0.478 e. The van der Waals surface area contributed by atoms with E-state index in [2.05, 4.69) is 0 Å². The number of carbonyl (C=O) groups excluding carboxylic acids is 3. The first-order valence-electron chi connectivity index (χ1n) is 13.3. The Kier molecular flexibility index (Phi) is 6.27. The predicted molar refractivity (Wildman–Crippen MR) is 137 cm³/mol. The van der Waals surface area contributed by atoms with Gasteiger partial charge in [-0.05, 0) is 80.9 Å². The summed E-state index contributed by atoms with van der Waals surface area (Å²) in [7, 11) is 0. The number of Topliss-reactive ketones (excluding diaryl/α,β-unsaturated/α-hetero) is 1. The monoisotopic (exact) mass is 540 g/mol. The van der Waals surface area contributed by atoms with Gasteiger partial charge in [0.1, 0.15) is 5.60 Å². The van der Waals surface area contributed by atoms with Crippen molar-refractivity contribution in [1.29, 1.82) is 0 Å². The Labute approximate surface area is 225 Å². The molecule has 0 radical (unpaired) electrons. The molecular weight excluding hydrogens is 507 g/mol. The van der Waals surface area contributed by atoms with Gasteiger partial charge in [-0.25, -0.2) is 14.0 Å². The van der Waals surface area contributed by atoms with Crippen molar-refractivity contribution in [3.63, 3.8) is 0 Å². The Balaban J connectivity index is 1.40. The lowest BCUT2D eigenvalue weighted by atomic mass is 9.44. The molecule has 9 heteroatoms. The highest BCUT2D eigenvalue weighted by Gasteiger charge is 2.75. The Morgan fingerprint density at radius 2 is 1.74 bits per heavy atom. The summed E-state index contributed by atoms with van der Waals surface area (Å²) in [6, 6.07) is 5.04. The highest BCUT2D eigenvalue weighted by Crippen LogP contribution is 2.70. The zero-order chi connectivity index (χ0) is 28.5. The second-order valence-corrected chi connectivity index (χ2v) is 12.0. The minimum absolute atomic E-state index is 0.00928. The molecule has 0 heterocycles. The first-order valence-corrected chi connectivity index (χ1v) is 13.3. The number of hydrogen-bond donors (Lipinski definition) is 3. The van der Waals surface area contributed by atoms with Gasteiger partial charge in [0, 0.05) is 16.7 Å². The maximum Gasteiger partial charge on any atom is 0.338 e. The fourth-order valence-corrected chi connectivity index (χ4v) is 8.21. The van der Waals surface area contributed by atoms with Crippen LogP contribution in [0, 0.1) is 28.6 Å². The van der Waals surface area contributed by atoms with Crippen LogP contribution in [0.4, 0.5) is 4.39 Å². The number of rotatable bonds is 5. The van der Waals surface area contributed by atoms with Crippen molar-refractivity contribution < 1.29 is 43.6 Å². The summed E-state index contributed by atoms with van der Waals surface area (Å²) in [5.74, 6) is -4.60. The predicted octanol–water partition coefficient (Wildman–Crippen LogP) is 3.46. The zero-order valence-electron chi connectivity index (χ0n) is 22.1. The average molecular weight is 541 g/mol. The van der Waals surface area contributed by atoms with E-state index in [0.717, 1.165) is 0 Å². The zero-order valence-corrected chi connectivity index (χ0v) is 22.1. The molecule has 39 heavy (non-hydrogen) atoms. The number of halogens is 1. The molecule has 208 valence electrons. The van der Waals surface area contributed by atoms with Gasteiger partial charge in [0.2, 0.25) is 5.78 Å². The minimum atomic E-state index is -2.08. The Bertz CT molecular complexity index is 1320. The van der Waals surface area contributed by atoms with Crippen LogP contribution in [0.15, 0.2) is 48.1 Å². The number of carboxylic acid groups (broad SMARTS) is 1. The molecule has 3 fully saturated rings. The van der Waals surface area contributed by atoms with E-state index in [1.54, 1.807) is 26.8 Å². The Morgan fingerprint density at radius 3 is 2.38 bits per heavy atom. The van der Waals surface area contributed by atoms with E-state index >= 15 is 4.39 Å². The highest BCUT2D eigenvalue weighted by molar-refractivity contribution is 6.01. The van der Waals surface area contributed by atoms with Crippen LogP contribution in [-0.4, -0.2) is 62.8 Å². The molecule has 0 bridgehead atoms. The van der Waals surface area contributed by atoms with E-state index in [1.165, 1.54) is 36.4 Å². The van der Waals surface area contributed by atoms with Crippen molar-refractivity contribution in [3.8, 4) is 0 Å². The van der Waals surface area contributed by atoms with Gasteiger partial charge in [-0.1, -0.05) is 25.5 Å². The largest absolute Gasteiger partial charge is 0.478 e. The molecular formula is C30H33FO8. The third-order valence-electron chi connectivity index (χ3n) is 10.3. The van der Waals surface area contributed by atoms with Gasteiger partial charge in [-0.3, -0.25) is 9.59 Å². The van der Waals surface area contributed by atoms with Gasteiger partial charge < -0.3 is 20.1 Å². The van der Waals surface area contributed by atoms with E-state index < -0.39 is 70.3 Å². The molecule has 3 N–H and O–H groups in total. The maximum absolute atomic E-state index is 17.2. The molecule has 0 saturated heterocycles. The number of carboxylic acids is 1. The second kappa shape index (κ2) is 8.93. The van der Waals surface area contributed by atoms with Crippen molar-refractivity contribution in [3.05, 3.63) is 59.2 Å². The van der Waals surface area contributed by atoms with E-state index in [4.69, 9.17) is 9.84 Å². The van der Waals surface area contributed by atoms with Crippen LogP contribution in [0.3, 0.4) is 0 Å². The lowest BCUT2D eigenvalue weighted by Crippen LogP contribution is -2.69. The summed E-state index contributed by atoms with van der Waals surface area (Å²) in [6.45, 7) is 4.41. The first kappa shape index (κ1) is 27.4. The number of fused-ring (bicyclic) bond motifs is 5. The van der Waals surface area contributed by atoms with Crippen LogP contribution in [0.5, 0.6) is 0 Å². The smallest absolute Gasteiger partial charge is 0.338 e. The van der Waals surface area contributed by atoms with Crippen LogP contribution in [0.1, 0.15) is 67.2 Å². The standard InChI is InChI=1S/C30H33FO8/c1-16-12-22-21-9-8-19-13-20(32)10-11-27(19,2)29(21,31)23(33)14-28(22,3)30(16,38)24(34)15-39-26(37)18-6-4-17(5-7-18)25(35)36/h4-7,10-11,13,16,21-23,33,38H,8-9,12,14-15H2,1-3H3,(H,35,36)/t16-,21+,22+,23+,27+,28+,29+,30+/m1/s1. The molecule has 3 saturated carbocycles. The number of carbonyl (C=O) groups is 4. The van der Waals surface area contributed by atoms with Crippen molar-refractivity contribution >= 4 is 23.5 Å². The number of aromatic carboxylic acids is 1. The fourth-order valence-electron chi connectivity index (χ4n) is 8.21. The van der Waals surface area contributed by atoms with E-state index in [-0.39, 0.29) is 23.3 Å². The number of benzene rings is 1. The van der Waals surface area contributed by atoms with Gasteiger partial charge in [0.15, 0.2) is 18.1 Å². The average Bonchev–Trinajstić information content (AvgIpc) is 3.09. The topological polar surface area (TPSA) is 138 Å². The number of ether oxygens (including phenoxy) is 1. The van der Waals surface area contributed by atoms with Gasteiger partial charge in [-0.15, -0.1) is 0 Å². The second-order valence-electron chi connectivity index (χ2n) is 12.0. The van der Waals surface area contributed by atoms with Crippen molar-refractivity contribution in [1.82, 2.24) is 0 Å². The Hall–Kier alpha value is -3.17. The van der Waals surface area contributed by atoms with E-state index in [0.29, 0.717) is 24.8 Å². The van der Waals surface area contributed by atoms with Crippen LogP contribution in [-0.2, 0) is 14.3 Å². The van der Waals surface area contributed by atoms with Crippen LogP contribution >= 0.6 is 0 Å². The molecule has 0 spiro atoms. The SMILES string of the molecule is C[C@@H]1C[C@H]2[C@@H]3CCC4=CC(=O)C=C[C@]4(C)[C@@]3(F)[C@@H](O)C[C@]2(C)[C@@]1(O)C(=O)COC(=O)c1ccc(C(=O)O)cc1. The number of hydrogen-bond acceptors (Lipinski definition) is 7. The molecule has 1 aromatic rings. The fraction of sp³-hybridized carbons (Fsp3) is 0.533. The summed E-state index contributed by atoms with van der Waals surface area (Å²) in [4.78, 5) is 49.1. The maximum atomic E-state index is 17.2. The lowest BCUT2D eigenvalue weighted by Gasteiger charge is -2.62. The normalized spacial score (nSPS) is 40.7. The van der Waals surface area contributed by atoms with Crippen LogP contribution in [0.25, 0.3) is 0 Å². The summed E-state index contributed by atoms with van der Waals surface area (Å²) in [6.07, 6.45) is 3.87. The number of aliphatic hydroxyl groups is 2. The number of esters is 1. The molecule has 0 aromatic heterocycles. The number of ketones is 2. The van der Waals surface area contributed by atoms with Crippen molar-refractivity contribution in [2.45, 2.75) is 63.8 Å². The van der Waals surface area contributed by atoms with Gasteiger partial charge in [0.25, 0.3) is 0 Å². The third-order valence-corrected chi connectivity index (χ3v) is 10.3. The van der Waals surface area contributed by atoms with Gasteiger partial charge >= 0.3 is 11.9 Å². The quantitative estimate of drug-likeness (QED) is 0.483. The van der Waals surface area contributed by atoms with Crippen LogP contribution in [0.2, 0.25) is 0 Å². The van der Waals surface area contributed by atoms with Crippen molar-refractivity contribution in [2.24, 2.45) is 28.6 Å². The summed E-state index contributed by atoms with van der Waals surface area (Å²) >= 11 is 0. The first-order chi connectivity index (χ1) is 18.2. The molecule has 0 amide bonds. The summed E-state index contributed by atoms with van der Waals surface area (Å²) < 4.78 is 22.5. The molecule has 4 aliphatic carbocycles. The number of alkyl halides is 1. The van der Waals surface area contributed by atoms with Crippen molar-refractivity contribution in [2.75, 3.05) is 6.61 Å². The molecule has 5 rings (SSSR count). The van der Waals surface area contributed by atoms with Gasteiger partial charge in [0.05, 0.1) is 17.2 Å². The van der Waals surface area contributed by atoms with E-state index in [1.807, 2.05) is 0 Å². The Morgan fingerprint density at radius 1 is 1.10 bits per heavy atom. The lowest BCUT2D eigenvalue weighted by molar-refractivity contribution is -0.219.